The maximum atomic E-state index is 11.8. The van der Waals surface area contributed by atoms with Crippen LogP contribution in [0.15, 0.2) is 21.4 Å². The molecule has 0 unspecified atom stereocenters. The SMILES string of the molecule is O=C(CSc1nc(=O)[nH]c2c1CCC2)Nc1nccs1. The van der Waals surface area contributed by atoms with Crippen LogP contribution in [0.4, 0.5) is 5.13 Å². The monoisotopic (exact) mass is 308 g/mol. The van der Waals surface area contributed by atoms with Crippen LogP contribution in [0.3, 0.4) is 0 Å². The molecule has 2 N–H and O–H groups in total. The maximum absolute atomic E-state index is 11.8. The van der Waals surface area contributed by atoms with Crippen molar-refractivity contribution >= 4 is 34.1 Å². The van der Waals surface area contributed by atoms with Gasteiger partial charge in [0.15, 0.2) is 5.13 Å². The fourth-order valence-electron chi connectivity index (χ4n) is 2.13. The normalized spacial score (nSPS) is 13.2. The van der Waals surface area contributed by atoms with Gasteiger partial charge >= 0.3 is 5.69 Å². The van der Waals surface area contributed by atoms with Gasteiger partial charge in [0.2, 0.25) is 5.91 Å². The highest BCUT2D eigenvalue weighted by atomic mass is 32.2. The van der Waals surface area contributed by atoms with E-state index in [0.717, 1.165) is 30.5 Å². The molecule has 0 saturated heterocycles. The molecule has 0 bridgehead atoms. The van der Waals surface area contributed by atoms with Crippen LogP contribution >= 0.6 is 23.1 Å². The van der Waals surface area contributed by atoms with Crippen LogP contribution in [0, 0.1) is 0 Å². The summed E-state index contributed by atoms with van der Waals surface area (Å²) in [6.45, 7) is 0. The first-order valence-electron chi connectivity index (χ1n) is 6.16. The molecule has 2 aromatic rings. The van der Waals surface area contributed by atoms with Crippen LogP contribution in [-0.2, 0) is 17.6 Å². The first-order valence-corrected chi connectivity index (χ1v) is 8.03. The van der Waals surface area contributed by atoms with Crippen molar-refractivity contribution in [1.29, 1.82) is 0 Å². The van der Waals surface area contributed by atoms with E-state index in [1.54, 1.807) is 11.6 Å². The number of nitrogens with one attached hydrogen (secondary N) is 2. The van der Waals surface area contributed by atoms with Gasteiger partial charge in [-0.3, -0.25) is 4.79 Å². The molecule has 20 heavy (non-hydrogen) atoms. The highest BCUT2D eigenvalue weighted by molar-refractivity contribution is 8.00. The van der Waals surface area contributed by atoms with Crippen molar-refractivity contribution in [2.45, 2.75) is 24.3 Å². The highest BCUT2D eigenvalue weighted by Crippen LogP contribution is 2.27. The molecule has 0 saturated carbocycles. The van der Waals surface area contributed by atoms with Crippen molar-refractivity contribution in [3.05, 3.63) is 33.3 Å². The number of thioether (sulfide) groups is 1. The molecule has 0 fully saturated rings. The van der Waals surface area contributed by atoms with Crippen molar-refractivity contribution in [2.24, 2.45) is 0 Å². The number of aryl methyl sites for hydroxylation is 1. The van der Waals surface area contributed by atoms with Crippen molar-refractivity contribution in [1.82, 2.24) is 15.0 Å². The third-order valence-corrected chi connectivity index (χ3v) is 4.66. The minimum Gasteiger partial charge on any atom is -0.309 e. The van der Waals surface area contributed by atoms with E-state index < -0.39 is 0 Å². The van der Waals surface area contributed by atoms with Gasteiger partial charge in [-0.2, -0.15) is 4.98 Å². The van der Waals surface area contributed by atoms with Gasteiger partial charge < -0.3 is 10.3 Å². The predicted octanol–water partition coefficient (Wildman–Crippen LogP) is 1.45. The number of nitrogens with zero attached hydrogens (tertiary/aromatic N) is 2. The lowest BCUT2D eigenvalue weighted by Gasteiger charge is -2.06. The second kappa shape index (κ2) is 5.76. The van der Waals surface area contributed by atoms with Crippen LogP contribution in [0.25, 0.3) is 0 Å². The van der Waals surface area contributed by atoms with Gasteiger partial charge in [-0.05, 0) is 19.3 Å². The van der Waals surface area contributed by atoms with Gasteiger partial charge in [0, 0.05) is 22.8 Å². The molecular formula is C12H12N4O2S2. The van der Waals surface area contributed by atoms with Crippen molar-refractivity contribution < 1.29 is 4.79 Å². The van der Waals surface area contributed by atoms with Crippen LogP contribution in [0.2, 0.25) is 0 Å². The second-order valence-electron chi connectivity index (χ2n) is 4.33. The maximum Gasteiger partial charge on any atom is 0.346 e. The zero-order valence-corrected chi connectivity index (χ0v) is 12.1. The van der Waals surface area contributed by atoms with Crippen molar-refractivity contribution in [2.75, 3.05) is 11.1 Å². The molecule has 1 aliphatic carbocycles. The number of carbonyl (C=O) groups excluding carboxylic acids is 1. The van der Waals surface area contributed by atoms with Crippen molar-refractivity contribution in [3.63, 3.8) is 0 Å². The van der Waals surface area contributed by atoms with E-state index in [1.165, 1.54) is 23.1 Å². The lowest BCUT2D eigenvalue weighted by Crippen LogP contribution is -2.17. The predicted molar refractivity (Wildman–Crippen MR) is 78.4 cm³/mol. The fourth-order valence-corrected chi connectivity index (χ4v) is 3.56. The molecule has 0 spiro atoms. The third-order valence-electron chi connectivity index (χ3n) is 2.96. The number of hydrogen-bond acceptors (Lipinski definition) is 6. The summed E-state index contributed by atoms with van der Waals surface area (Å²) < 4.78 is 0. The average Bonchev–Trinajstić information content (AvgIpc) is 3.06. The van der Waals surface area contributed by atoms with Gasteiger partial charge in [-0.15, -0.1) is 11.3 Å². The number of aromatic amines is 1. The van der Waals surface area contributed by atoms with E-state index in [2.05, 4.69) is 20.3 Å². The Morgan fingerprint density at radius 2 is 2.40 bits per heavy atom. The summed E-state index contributed by atoms with van der Waals surface area (Å²) in [5.74, 6) is 0.0847. The summed E-state index contributed by atoms with van der Waals surface area (Å²) in [5.41, 5.74) is 1.71. The van der Waals surface area contributed by atoms with Gasteiger partial charge in [0.1, 0.15) is 5.03 Å². The molecule has 8 heteroatoms. The number of H-pyrrole nitrogens is 1. The molecule has 3 rings (SSSR count). The van der Waals surface area contributed by atoms with Crippen LogP contribution in [0.5, 0.6) is 0 Å². The largest absolute Gasteiger partial charge is 0.346 e. The molecule has 104 valence electrons. The smallest absolute Gasteiger partial charge is 0.309 e. The molecule has 0 aliphatic heterocycles. The topological polar surface area (TPSA) is 87.7 Å². The Kier molecular flexibility index (Phi) is 3.83. The van der Waals surface area contributed by atoms with E-state index >= 15 is 0 Å². The van der Waals surface area contributed by atoms with Gasteiger partial charge in [0.25, 0.3) is 0 Å². The highest BCUT2D eigenvalue weighted by Gasteiger charge is 2.18. The van der Waals surface area contributed by atoms with Gasteiger partial charge in [-0.25, -0.2) is 9.78 Å². The average molecular weight is 308 g/mol. The molecule has 2 heterocycles. The summed E-state index contributed by atoms with van der Waals surface area (Å²) in [6, 6.07) is 0. The Morgan fingerprint density at radius 3 is 3.20 bits per heavy atom. The zero-order chi connectivity index (χ0) is 13.9. The Bertz CT molecular complexity index is 681. The first-order chi connectivity index (χ1) is 9.72. The molecular weight excluding hydrogens is 296 g/mol. The summed E-state index contributed by atoms with van der Waals surface area (Å²) in [6.07, 6.45) is 4.45. The summed E-state index contributed by atoms with van der Waals surface area (Å²) in [5, 5.41) is 5.77. The number of aromatic nitrogens is 3. The minimum absolute atomic E-state index is 0.140. The Labute approximate surface area is 123 Å². The zero-order valence-electron chi connectivity index (χ0n) is 10.5. The Hall–Kier alpha value is -1.67. The van der Waals surface area contributed by atoms with E-state index in [-0.39, 0.29) is 17.3 Å². The third kappa shape index (κ3) is 2.91. The van der Waals surface area contributed by atoms with E-state index in [4.69, 9.17) is 0 Å². The number of rotatable bonds is 4. The number of amides is 1. The summed E-state index contributed by atoms with van der Waals surface area (Å²) in [4.78, 5) is 34.0. The number of anilines is 1. The molecule has 0 radical (unpaired) electrons. The van der Waals surface area contributed by atoms with Gasteiger partial charge in [0.05, 0.1) is 5.75 Å². The fraction of sp³-hybridized carbons (Fsp3) is 0.333. The summed E-state index contributed by atoms with van der Waals surface area (Å²) in [7, 11) is 0. The Morgan fingerprint density at radius 1 is 1.50 bits per heavy atom. The van der Waals surface area contributed by atoms with Crippen LogP contribution in [-0.4, -0.2) is 26.6 Å². The second-order valence-corrected chi connectivity index (χ2v) is 6.19. The first kappa shape index (κ1) is 13.3. The molecule has 0 atom stereocenters. The van der Waals surface area contributed by atoms with Crippen LogP contribution < -0.4 is 11.0 Å². The van der Waals surface area contributed by atoms with E-state index in [0.29, 0.717) is 10.2 Å². The molecule has 1 aliphatic rings. The quantitative estimate of drug-likeness (QED) is 0.659. The standard InChI is InChI=1S/C12H12N4O2S2/c17-9(15-12-13-4-5-19-12)6-20-10-7-2-1-3-8(7)14-11(18)16-10/h4-5H,1-3,6H2,(H,13,15,17)(H,14,16,18). The van der Waals surface area contributed by atoms with E-state index in [9.17, 15) is 9.59 Å². The number of thiazole rings is 1. The van der Waals surface area contributed by atoms with Gasteiger partial charge in [-0.1, -0.05) is 11.8 Å². The molecule has 0 aromatic carbocycles. The number of carbonyl (C=O) groups is 1. The molecule has 1 amide bonds. The Balaban J connectivity index is 1.67. The summed E-state index contributed by atoms with van der Waals surface area (Å²) >= 11 is 2.68. The lowest BCUT2D eigenvalue weighted by molar-refractivity contribution is -0.113. The minimum atomic E-state index is -0.339. The number of fused-ring (bicyclic) bond motifs is 1. The van der Waals surface area contributed by atoms with Crippen LogP contribution in [0.1, 0.15) is 17.7 Å². The lowest BCUT2D eigenvalue weighted by atomic mass is 10.3. The van der Waals surface area contributed by atoms with Crippen molar-refractivity contribution in [3.8, 4) is 0 Å². The molecule has 6 nitrogen and oxygen atoms in total. The van der Waals surface area contributed by atoms with E-state index in [1.807, 2.05) is 0 Å². The number of hydrogen-bond donors (Lipinski definition) is 2. The molecule has 2 aromatic heterocycles.